The standard InChI is InChI=1S/C23H21F3N2O3/c1-15-19(20(30)18-11-7-4-8-12-18)22(23(24,25)26,27-16(2)29)21(31)28(15)14-13-17-9-5-3-6-10-17/h3-12H,13-14H2,1-2H3,(H,27,29)/t22-/m0/s1. The molecule has 2 aromatic carbocycles. The Morgan fingerprint density at radius 2 is 1.55 bits per heavy atom. The van der Waals surface area contributed by atoms with Gasteiger partial charge in [0.1, 0.15) is 0 Å². The molecule has 8 heteroatoms. The van der Waals surface area contributed by atoms with Gasteiger partial charge in [-0.2, -0.15) is 13.2 Å². The average Bonchev–Trinajstić information content (AvgIpc) is 2.94. The lowest BCUT2D eigenvalue weighted by Gasteiger charge is -2.33. The predicted octanol–water partition coefficient (Wildman–Crippen LogP) is 3.67. The van der Waals surface area contributed by atoms with Crippen LogP contribution in [0.5, 0.6) is 0 Å². The highest BCUT2D eigenvalue weighted by Crippen LogP contribution is 2.45. The van der Waals surface area contributed by atoms with Crippen LogP contribution in [-0.4, -0.2) is 40.8 Å². The van der Waals surface area contributed by atoms with Crippen LogP contribution in [0.15, 0.2) is 71.9 Å². The van der Waals surface area contributed by atoms with Gasteiger partial charge in [0.25, 0.3) is 5.91 Å². The molecule has 31 heavy (non-hydrogen) atoms. The number of hydrogen-bond acceptors (Lipinski definition) is 3. The summed E-state index contributed by atoms with van der Waals surface area (Å²) in [7, 11) is 0. The summed E-state index contributed by atoms with van der Waals surface area (Å²) in [5.41, 5.74) is -3.52. The van der Waals surface area contributed by atoms with Gasteiger partial charge in [0.15, 0.2) is 5.78 Å². The molecule has 0 bridgehead atoms. The van der Waals surface area contributed by atoms with Crippen molar-refractivity contribution < 1.29 is 27.6 Å². The molecule has 5 nitrogen and oxygen atoms in total. The van der Waals surface area contributed by atoms with Gasteiger partial charge >= 0.3 is 6.18 Å². The molecule has 0 spiro atoms. The molecule has 1 aliphatic heterocycles. The fourth-order valence-corrected chi connectivity index (χ4v) is 3.81. The Morgan fingerprint density at radius 3 is 2.06 bits per heavy atom. The molecule has 1 N–H and O–H groups in total. The molecule has 2 amide bonds. The van der Waals surface area contributed by atoms with E-state index >= 15 is 0 Å². The molecule has 0 radical (unpaired) electrons. The number of nitrogens with one attached hydrogen (secondary N) is 1. The van der Waals surface area contributed by atoms with Crippen LogP contribution in [0.1, 0.15) is 29.8 Å². The lowest BCUT2D eigenvalue weighted by atomic mass is 9.84. The Labute approximate surface area is 177 Å². The number of Topliss-reactive ketones (excluding diaryl/α,β-unsaturated/α-hetero) is 1. The van der Waals surface area contributed by atoms with E-state index in [1.165, 1.54) is 31.2 Å². The molecule has 162 valence electrons. The lowest BCUT2D eigenvalue weighted by Crippen LogP contribution is -2.65. The molecular formula is C23H21F3N2O3. The van der Waals surface area contributed by atoms with Crippen LogP contribution < -0.4 is 5.32 Å². The van der Waals surface area contributed by atoms with Gasteiger partial charge < -0.3 is 10.2 Å². The molecule has 0 aliphatic carbocycles. The fourth-order valence-electron chi connectivity index (χ4n) is 3.81. The highest BCUT2D eigenvalue weighted by atomic mass is 19.4. The SMILES string of the molecule is CC(=O)N[C@]1(C(F)(F)F)C(=O)N(CCc2ccccc2)C(C)=C1C(=O)c1ccccc1. The number of carbonyl (C=O) groups excluding carboxylic acids is 3. The Balaban J connectivity index is 2.12. The molecule has 2 aromatic rings. The number of allylic oxidation sites excluding steroid dienone is 1. The molecule has 1 atom stereocenters. The maximum atomic E-state index is 14.4. The molecule has 1 aliphatic rings. The summed E-state index contributed by atoms with van der Waals surface area (Å²) in [5, 5.41) is 1.77. The van der Waals surface area contributed by atoms with Crippen LogP contribution in [-0.2, 0) is 16.0 Å². The first-order valence-corrected chi connectivity index (χ1v) is 9.62. The Bertz CT molecular complexity index is 1030. The second-order valence-corrected chi connectivity index (χ2v) is 7.28. The van der Waals surface area contributed by atoms with E-state index in [-0.39, 0.29) is 24.2 Å². The molecule has 0 saturated heterocycles. The van der Waals surface area contributed by atoms with Crippen LogP contribution in [0.4, 0.5) is 13.2 Å². The van der Waals surface area contributed by atoms with Crippen molar-refractivity contribution in [2.75, 3.05) is 6.54 Å². The van der Waals surface area contributed by atoms with Crippen LogP contribution in [0.3, 0.4) is 0 Å². The van der Waals surface area contributed by atoms with Crippen molar-refractivity contribution in [3.8, 4) is 0 Å². The number of ketones is 1. The molecular weight excluding hydrogens is 409 g/mol. The number of rotatable bonds is 6. The minimum absolute atomic E-state index is 0.00598. The summed E-state index contributed by atoms with van der Waals surface area (Å²) >= 11 is 0. The first-order valence-electron chi connectivity index (χ1n) is 9.62. The number of benzene rings is 2. The van der Waals surface area contributed by atoms with Crippen LogP contribution in [0, 0.1) is 0 Å². The van der Waals surface area contributed by atoms with Gasteiger partial charge in [0, 0.05) is 24.7 Å². The van der Waals surface area contributed by atoms with Crippen molar-refractivity contribution in [3.05, 3.63) is 83.1 Å². The van der Waals surface area contributed by atoms with E-state index in [2.05, 4.69) is 0 Å². The van der Waals surface area contributed by atoms with Crippen molar-refractivity contribution >= 4 is 17.6 Å². The van der Waals surface area contributed by atoms with E-state index < -0.39 is 34.9 Å². The molecule has 0 fully saturated rings. The van der Waals surface area contributed by atoms with Crippen molar-refractivity contribution in [1.82, 2.24) is 10.2 Å². The van der Waals surface area contributed by atoms with Gasteiger partial charge in [-0.3, -0.25) is 14.4 Å². The molecule has 0 unspecified atom stereocenters. The smallest absolute Gasteiger partial charge is 0.331 e. The Hall–Kier alpha value is -3.42. The number of alkyl halides is 3. The molecule has 3 rings (SSSR count). The Kier molecular flexibility index (Phi) is 6.01. The summed E-state index contributed by atoms with van der Waals surface area (Å²) in [6.45, 7) is 2.11. The monoisotopic (exact) mass is 430 g/mol. The van der Waals surface area contributed by atoms with Crippen molar-refractivity contribution in [1.29, 1.82) is 0 Å². The van der Waals surface area contributed by atoms with E-state index in [9.17, 15) is 27.6 Å². The van der Waals surface area contributed by atoms with E-state index in [1.807, 2.05) is 0 Å². The van der Waals surface area contributed by atoms with Crippen molar-refractivity contribution in [2.45, 2.75) is 32.0 Å². The maximum Gasteiger partial charge on any atom is 0.425 e. The number of amides is 2. The number of carbonyl (C=O) groups is 3. The van der Waals surface area contributed by atoms with Gasteiger partial charge in [-0.15, -0.1) is 0 Å². The van der Waals surface area contributed by atoms with Gasteiger partial charge in [-0.25, -0.2) is 0 Å². The zero-order chi connectivity index (χ0) is 22.8. The van der Waals surface area contributed by atoms with E-state index in [0.717, 1.165) is 17.4 Å². The topological polar surface area (TPSA) is 66.5 Å². The zero-order valence-electron chi connectivity index (χ0n) is 17.0. The third kappa shape index (κ3) is 3.97. The second kappa shape index (κ2) is 8.37. The van der Waals surface area contributed by atoms with Crippen molar-refractivity contribution in [2.24, 2.45) is 0 Å². The molecule has 1 heterocycles. The summed E-state index contributed by atoms with van der Waals surface area (Å²) in [6, 6.07) is 16.3. The minimum atomic E-state index is -5.22. The summed E-state index contributed by atoms with van der Waals surface area (Å²) in [5.74, 6) is -3.41. The summed E-state index contributed by atoms with van der Waals surface area (Å²) in [6.07, 6.45) is -4.94. The fraction of sp³-hybridized carbons (Fsp3) is 0.261. The van der Waals surface area contributed by atoms with E-state index in [1.54, 1.807) is 41.7 Å². The summed E-state index contributed by atoms with van der Waals surface area (Å²) in [4.78, 5) is 39.1. The van der Waals surface area contributed by atoms with Crippen molar-refractivity contribution in [3.63, 3.8) is 0 Å². The van der Waals surface area contributed by atoms with Gasteiger partial charge in [0.05, 0.1) is 5.57 Å². The molecule has 0 aromatic heterocycles. The zero-order valence-corrected chi connectivity index (χ0v) is 17.0. The first-order chi connectivity index (χ1) is 14.6. The third-order valence-corrected chi connectivity index (χ3v) is 5.23. The first kappa shape index (κ1) is 22.3. The average molecular weight is 430 g/mol. The number of hydrogen-bond donors (Lipinski definition) is 1. The van der Waals surface area contributed by atoms with E-state index in [4.69, 9.17) is 0 Å². The number of halogens is 3. The molecule has 0 saturated carbocycles. The van der Waals surface area contributed by atoms with Gasteiger partial charge in [0.2, 0.25) is 11.4 Å². The Morgan fingerprint density at radius 1 is 1.00 bits per heavy atom. The maximum absolute atomic E-state index is 14.4. The normalized spacial score (nSPS) is 19.0. The minimum Gasteiger partial charge on any atom is -0.331 e. The summed E-state index contributed by atoms with van der Waals surface area (Å²) < 4.78 is 43.2. The largest absolute Gasteiger partial charge is 0.425 e. The van der Waals surface area contributed by atoms with Crippen LogP contribution in [0.2, 0.25) is 0 Å². The van der Waals surface area contributed by atoms with Crippen LogP contribution >= 0.6 is 0 Å². The van der Waals surface area contributed by atoms with E-state index in [0.29, 0.717) is 0 Å². The van der Waals surface area contributed by atoms with Crippen LogP contribution in [0.25, 0.3) is 0 Å². The third-order valence-electron chi connectivity index (χ3n) is 5.23. The highest BCUT2D eigenvalue weighted by molar-refractivity contribution is 6.18. The predicted molar refractivity (Wildman–Crippen MR) is 108 cm³/mol. The lowest BCUT2D eigenvalue weighted by molar-refractivity contribution is -0.193. The van der Waals surface area contributed by atoms with Gasteiger partial charge in [-0.05, 0) is 18.9 Å². The second-order valence-electron chi connectivity index (χ2n) is 7.28. The highest BCUT2D eigenvalue weighted by Gasteiger charge is 2.70. The van der Waals surface area contributed by atoms with Gasteiger partial charge in [-0.1, -0.05) is 60.7 Å². The quantitative estimate of drug-likeness (QED) is 0.712. The number of nitrogens with zero attached hydrogens (tertiary/aromatic N) is 1.